The fourth-order valence-corrected chi connectivity index (χ4v) is 3.16. The fraction of sp³-hybridized carbons (Fsp3) is 0.308. The summed E-state index contributed by atoms with van der Waals surface area (Å²) in [6.45, 7) is 2.02. The highest BCUT2D eigenvalue weighted by Crippen LogP contribution is 2.22. The van der Waals surface area contributed by atoms with Gasteiger partial charge in [-0.05, 0) is 25.0 Å². The quantitative estimate of drug-likeness (QED) is 0.940. The van der Waals surface area contributed by atoms with Crippen molar-refractivity contribution < 1.29 is 0 Å². The van der Waals surface area contributed by atoms with Gasteiger partial charge in [-0.25, -0.2) is 4.98 Å². The van der Waals surface area contributed by atoms with E-state index in [2.05, 4.69) is 39.1 Å². The molecule has 1 heterocycles. The minimum atomic E-state index is 0.201. The average molecular weight is 311 g/mol. The zero-order valence-corrected chi connectivity index (χ0v) is 12.1. The van der Waals surface area contributed by atoms with Crippen molar-refractivity contribution in [1.82, 2.24) is 4.98 Å². The van der Waals surface area contributed by atoms with E-state index in [1.165, 1.54) is 10.4 Å². The first kappa shape index (κ1) is 12.7. The van der Waals surface area contributed by atoms with E-state index in [1.54, 1.807) is 11.3 Å². The molecule has 0 spiro atoms. The predicted molar refractivity (Wildman–Crippen MR) is 76.4 cm³/mol. The third-order valence-electron chi connectivity index (χ3n) is 2.42. The minimum Gasteiger partial charge on any atom is -0.328 e. The number of halogens is 1. The maximum Gasteiger partial charge on any atom is 0.0971 e. The van der Waals surface area contributed by atoms with Gasteiger partial charge in [0.1, 0.15) is 0 Å². The molecule has 4 heteroatoms. The van der Waals surface area contributed by atoms with Crippen LogP contribution in [-0.4, -0.2) is 11.0 Å². The molecule has 2 rings (SSSR count). The Labute approximate surface area is 114 Å². The van der Waals surface area contributed by atoms with E-state index in [4.69, 9.17) is 5.73 Å². The van der Waals surface area contributed by atoms with E-state index < -0.39 is 0 Å². The molecular formula is C13H15BrN2S. The summed E-state index contributed by atoms with van der Waals surface area (Å²) in [6.07, 6.45) is 3.73. The van der Waals surface area contributed by atoms with Gasteiger partial charge in [-0.1, -0.05) is 34.1 Å². The number of nitrogens with two attached hydrogens (primary N) is 1. The van der Waals surface area contributed by atoms with Crippen molar-refractivity contribution in [2.75, 3.05) is 0 Å². The normalized spacial score (nSPS) is 12.6. The smallest absolute Gasteiger partial charge is 0.0971 e. The standard InChI is InChI=1S/C13H15BrN2S/c1-9(15)6-11-8-16-13(17-11)7-10-4-2-3-5-12(10)14/h2-5,8-9H,6-7,15H2,1H3. The zero-order valence-electron chi connectivity index (χ0n) is 9.69. The van der Waals surface area contributed by atoms with Gasteiger partial charge in [0, 0.05) is 28.0 Å². The van der Waals surface area contributed by atoms with Crippen molar-refractivity contribution in [2.45, 2.75) is 25.8 Å². The number of hydrogen-bond donors (Lipinski definition) is 1. The Kier molecular flexibility index (Phi) is 4.31. The molecule has 0 amide bonds. The maximum absolute atomic E-state index is 5.78. The fourth-order valence-electron chi connectivity index (χ4n) is 1.65. The van der Waals surface area contributed by atoms with E-state index in [9.17, 15) is 0 Å². The lowest BCUT2D eigenvalue weighted by molar-refractivity contribution is 0.745. The first-order chi connectivity index (χ1) is 8.15. The lowest BCUT2D eigenvalue weighted by Crippen LogP contribution is -2.16. The van der Waals surface area contributed by atoms with Crippen LogP contribution in [0, 0.1) is 0 Å². The molecule has 1 unspecified atom stereocenters. The summed E-state index contributed by atoms with van der Waals surface area (Å²) in [4.78, 5) is 5.71. The van der Waals surface area contributed by atoms with E-state index in [0.717, 1.165) is 22.3 Å². The summed E-state index contributed by atoms with van der Waals surface area (Å²) in [5, 5.41) is 1.15. The minimum absolute atomic E-state index is 0.201. The number of thiazole rings is 1. The maximum atomic E-state index is 5.78. The van der Waals surface area contributed by atoms with Crippen LogP contribution in [0.4, 0.5) is 0 Å². The highest BCUT2D eigenvalue weighted by molar-refractivity contribution is 9.10. The van der Waals surface area contributed by atoms with Gasteiger partial charge in [-0.3, -0.25) is 0 Å². The molecule has 0 aliphatic heterocycles. The van der Waals surface area contributed by atoms with E-state index in [1.807, 2.05) is 19.2 Å². The Morgan fingerprint density at radius 2 is 2.18 bits per heavy atom. The molecule has 0 radical (unpaired) electrons. The molecule has 0 fully saturated rings. The largest absolute Gasteiger partial charge is 0.328 e. The van der Waals surface area contributed by atoms with Crippen LogP contribution in [0.3, 0.4) is 0 Å². The zero-order chi connectivity index (χ0) is 12.3. The molecule has 90 valence electrons. The number of nitrogens with zero attached hydrogens (tertiary/aromatic N) is 1. The van der Waals surface area contributed by atoms with Gasteiger partial charge in [0.25, 0.3) is 0 Å². The molecule has 0 saturated heterocycles. The van der Waals surface area contributed by atoms with Crippen molar-refractivity contribution in [2.24, 2.45) is 5.73 Å². The van der Waals surface area contributed by atoms with Crippen molar-refractivity contribution in [3.05, 3.63) is 50.4 Å². The molecule has 0 saturated carbocycles. The first-order valence-corrected chi connectivity index (χ1v) is 7.18. The van der Waals surface area contributed by atoms with E-state index >= 15 is 0 Å². The van der Waals surface area contributed by atoms with E-state index in [-0.39, 0.29) is 6.04 Å². The topological polar surface area (TPSA) is 38.9 Å². The van der Waals surface area contributed by atoms with Gasteiger partial charge < -0.3 is 5.73 Å². The first-order valence-electron chi connectivity index (χ1n) is 5.57. The second-order valence-corrected chi connectivity index (χ2v) is 6.22. The Hall–Kier alpha value is -0.710. The molecule has 1 atom stereocenters. The van der Waals surface area contributed by atoms with Gasteiger partial charge in [0.05, 0.1) is 5.01 Å². The lowest BCUT2D eigenvalue weighted by Gasteiger charge is -2.01. The highest BCUT2D eigenvalue weighted by atomic mass is 79.9. The lowest BCUT2D eigenvalue weighted by atomic mass is 10.2. The van der Waals surface area contributed by atoms with Crippen LogP contribution >= 0.6 is 27.3 Å². The van der Waals surface area contributed by atoms with Crippen LogP contribution in [0.1, 0.15) is 22.4 Å². The molecule has 17 heavy (non-hydrogen) atoms. The van der Waals surface area contributed by atoms with E-state index in [0.29, 0.717) is 0 Å². The highest BCUT2D eigenvalue weighted by Gasteiger charge is 2.06. The van der Waals surface area contributed by atoms with Crippen LogP contribution < -0.4 is 5.73 Å². The van der Waals surface area contributed by atoms with Gasteiger partial charge in [0.15, 0.2) is 0 Å². The summed E-state index contributed by atoms with van der Waals surface area (Å²) in [5.74, 6) is 0. The van der Waals surface area contributed by atoms with Crippen molar-refractivity contribution in [3.8, 4) is 0 Å². The number of benzene rings is 1. The van der Waals surface area contributed by atoms with Crippen molar-refractivity contribution in [3.63, 3.8) is 0 Å². The predicted octanol–water partition coefficient (Wildman–Crippen LogP) is 3.39. The monoisotopic (exact) mass is 310 g/mol. The van der Waals surface area contributed by atoms with Gasteiger partial charge in [0.2, 0.25) is 0 Å². The second kappa shape index (κ2) is 5.76. The summed E-state index contributed by atoms with van der Waals surface area (Å²) in [5.41, 5.74) is 7.05. The molecule has 2 nitrogen and oxygen atoms in total. The molecule has 1 aromatic heterocycles. The van der Waals surface area contributed by atoms with Gasteiger partial charge in [-0.2, -0.15) is 0 Å². The number of aromatic nitrogens is 1. The molecule has 1 aromatic carbocycles. The van der Waals surface area contributed by atoms with Crippen LogP contribution in [0.2, 0.25) is 0 Å². The SMILES string of the molecule is CC(N)Cc1cnc(Cc2ccccc2Br)s1. The summed E-state index contributed by atoms with van der Waals surface area (Å²) >= 11 is 5.31. The Balaban J connectivity index is 2.09. The Morgan fingerprint density at radius 3 is 2.88 bits per heavy atom. The molecule has 2 aromatic rings. The van der Waals surface area contributed by atoms with Gasteiger partial charge >= 0.3 is 0 Å². The van der Waals surface area contributed by atoms with Crippen LogP contribution in [-0.2, 0) is 12.8 Å². The summed E-state index contributed by atoms with van der Waals surface area (Å²) in [6, 6.07) is 8.46. The summed E-state index contributed by atoms with van der Waals surface area (Å²) < 4.78 is 1.14. The second-order valence-electron chi connectivity index (χ2n) is 4.17. The molecular weight excluding hydrogens is 296 g/mol. The van der Waals surface area contributed by atoms with Crippen molar-refractivity contribution >= 4 is 27.3 Å². The summed E-state index contributed by atoms with van der Waals surface area (Å²) in [7, 11) is 0. The Bertz CT molecular complexity index is 494. The average Bonchev–Trinajstić information content (AvgIpc) is 2.68. The molecule has 0 aliphatic rings. The Morgan fingerprint density at radius 1 is 1.41 bits per heavy atom. The van der Waals surface area contributed by atoms with Crippen LogP contribution in [0.5, 0.6) is 0 Å². The third-order valence-corrected chi connectivity index (χ3v) is 4.22. The number of hydrogen-bond acceptors (Lipinski definition) is 3. The number of rotatable bonds is 4. The van der Waals surface area contributed by atoms with Crippen LogP contribution in [0.15, 0.2) is 34.9 Å². The molecule has 0 aliphatic carbocycles. The van der Waals surface area contributed by atoms with Crippen LogP contribution in [0.25, 0.3) is 0 Å². The van der Waals surface area contributed by atoms with Gasteiger partial charge in [-0.15, -0.1) is 11.3 Å². The molecule has 2 N–H and O–H groups in total. The molecule has 0 bridgehead atoms. The third kappa shape index (κ3) is 3.63. The van der Waals surface area contributed by atoms with Crippen molar-refractivity contribution in [1.29, 1.82) is 0 Å².